The van der Waals surface area contributed by atoms with Gasteiger partial charge in [-0.05, 0) is 26.0 Å². The van der Waals surface area contributed by atoms with Gasteiger partial charge in [0.2, 0.25) is 0 Å². The molecule has 0 unspecified atom stereocenters. The lowest BCUT2D eigenvalue weighted by atomic mass is 9.99. The van der Waals surface area contributed by atoms with Crippen LogP contribution >= 0.6 is 0 Å². The molecule has 4 atom stereocenters. The van der Waals surface area contributed by atoms with Crippen LogP contribution in [0.2, 0.25) is 0 Å². The fraction of sp³-hybridized carbons (Fsp3) is 0.462. The standard InChI is InChI=1S/C13H16O4/c1-3-5-10-9(14)7-8-12(16-10)11(6-4-2)17-13(8)15/h3-7,9-12,14H,1-2H3/t9-,10-,11+,12-/m1/s1. The zero-order valence-electron chi connectivity index (χ0n) is 9.87. The van der Waals surface area contributed by atoms with E-state index in [9.17, 15) is 9.90 Å². The summed E-state index contributed by atoms with van der Waals surface area (Å²) in [4.78, 5) is 11.6. The van der Waals surface area contributed by atoms with Crippen LogP contribution < -0.4 is 0 Å². The number of aliphatic hydroxyl groups is 1. The van der Waals surface area contributed by atoms with E-state index in [1.807, 2.05) is 26.0 Å². The highest BCUT2D eigenvalue weighted by atomic mass is 16.6. The predicted octanol–water partition coefficient (Wildman–Crippen LogP) is 1.12. The number of aliphatic hydroxyl groups excluding tert-OH is 1. The first-order valence-electron chi connectivity index (χ1n) is 5.69. The van der Waals surface area contributed by atoms with Crippen LogP contribution in [-0.2, 0) is 14.3 Å². The van der Waals surface area contributed by atoms with E-state index >= 15 is 0 Å². The van der Waals surface area contributed by atoms with E-state index in [1.54, 1.807) is 12.2 Å². The Labute approximate surface area is 100 Å². The highest BCUT2D eigenvalue weighted by Crippen LogP contribution is 2.31. The first kappa shape index (κ1) is 12.1. The highest BCUT2D eigenvalue weighted by molar-refractivity contribution is 5.92. The Morgan fingerprint density at radius 3 is 2.53 bits per heavy atom. The molecule has 2 heterocycles. The van der Waals surface area contributed by atoms with Crippen LogP contribution in [0.15, 0.2) is 36.0 Å². The van der Waals surface area contributed by atoms with Gasteiger partial charge in [0.25, 0.3) is 0 Å². The van der Waals surface area contributed by atoms with Crippen molar-refractivity contribution in [3.8, 4) is 0 Å². The second kappa shape index (κ2) is 4.85. The first-order valence-corrected chi connectivity index (χ1v) is 5.69. The second-order valence-electron chi connectivity index (χ2n) is 4.06. The lowest BCUT2D eigenvalue weighted by molar-refractivity contribution is -0.138. The van der Waals surface area contributed by atoms with Crippen molar-refractivity contribution in [3.05, 3.63) is 36.0 Å². The van der Waals surface area contributed by atoms with E-state index in [2.05, 4.69) is 0 Å². The van der Waals surface area contributed by atoms with Gasteiger partial charge >= 0.3 is 5.97 Å². The Bertz CT molecular complexity index is 394. The summed E-state index contributed by atoms with van der Waals surface area (Å²) in [5, 5.41) is 9.80. The molecule has 0 radical (unpaired) electrons. The van der Waals surface area contributed by atoms with E-state index in [-0.39, 0.29) is 6.10 Å². The summed E-state index contributed by atoms with van der Waals surface area (Å²) in [7, 11) is 0. The Hall–Kier alpha value is -1.39. The summed E-state index contributed by atoms with van der Waals surface area (Å²) in [6, 6.07) is 0. The third kappa shape index (κ3) is 2.18. The van der Waals surface area contributed by atoms with Crippen LogP contribution in [-0.4, -0.2) is 35.5 Å². The van der Waals surface area contributed by atoms with Crippen LogP contribution in [0, 0.1) is 0 Å². The number of carbonyl (C=O) groups is 1. The maximum Gasteiger partial charge on any atom is 0.337 e. The second-order valence-corrected chi connectivity index (χ2v) is 4.06. The van der Waals surface area contributed by atoms with Crippen molar-refractivity contribution >= 4 is 5.97 Å². The number of hydrogen-bond acceptors (Lipinski definition) is 4. The molecule has 0 saturated carbocycles. The van der Waals surface area contributed by atoms with Crippen molar-refractivity contribution in [3.63, 3.8) is 0 Å². The highest BCUT2D eigenvalue weighted by Gasteiger charge is 2.44. The Kier molecular flexibility index (Phi) is 3.45. The van der Waals surface area contributed by atoms with Crippen LogP contribution in [0.5, 0.6) is 0 Å². The average Bonchev–Trinajstić information content (AvgIpc) is 2.58. The normalized spacial score (nSPS) is 37.4. The zero-order valence-corrected chi connectivity index (χ0v) is 9.87. The molecule has 2 aliphatic heterocycles. The zero-order chi connectivity index (χ0) is 12.4. The minimum atomic E-state index is -0.797. The predicted molar refractivity (Wildman–Crippen MR) is 62.3 cm³/mol. The largest absolute Gasteiger partial charge is 0.452 e. The summed E-state index contributed by atoms with van der Waals surface area (Å²) in [5.74, 6) is -0.406. The first-order chi connectivity index (χ1) is 8.17. The van der Waals surface area contributed by atoms with E-state index in [0.717, 1.165) is 0 Å². The van der Waals surface area contributed by atoms with Gasteiger partial charge in [-0.1, -0.05) is 18.2 Å². The molecule has 1 N–H and O–H groups in total. The van der Waals surface area contributed by atoms with Crippen molar-refractivity contribution in [2.24, 2.45) is 0 Å². The topological polar surface area (TPSA) is 55.8 Å². The van der Waals surface area contributed by atoms with Crippen molar-refractivity contribution < 1.29 is 19.4 Å². The van der Waals surface area contributed by atoms with Gasteiger partial charge in [-0.3, -0.25) is 0 Å². The van der Waals surface area contributed by atoms with Crippen LogP contribution in [0.25, 0.3) is 0 Å². The molecule has 0 bridgehead atoms. The smallest absolute Gasteiger partial charge is 0.337 e. The monoisotopic (exact) mass is 236 g/mol. The maximum absolute atomic E-state index is 11.6. The molecule has 92 valence electrons. The number of fused-ring (bicyclic) bond motifs is 1. The molecular formula is C13H16O4. The molecular weight excluding hydrogens is 220 g/mol. The third-order valence-corrected chi connectivity index (χ3v) is 2.84. The summed E-state index contributed by atoms with van der Waals surface area (Å²) >= 11 is 0. The average molecular weight is 236 g/mol. The quantitative estimate of drug-likeness (QED) is 0.576. The number of rotatable bonds is 2. The molecule has 0 aliphatic carbocycles. The SMILES string of the molecule is CC=C[C@@H]1OC(=O)C2=C[C@@H](O)[C@@H](C=CC)O[C@H]21. The van der Waals surface area contributed by atoms with Crippen molar-refractivity contribution in [2.45, 2.75) is 38.3 Å². The minimum absolute atomic E-state index is 0.390. The maximum atomic E-state index is 11.6. The van der Waals surface area contributed by atoms with E-state index in [0.29, 0.717) is 5.57 Å². The van der Waals surface area contributed by atoms with Gasteiger partial charge < -0.3 is 14.6 Å². The molecule has 2 aliphatic rings. The fourth-order valence-corrected chi connectivity index (χ4v) is 2.07. The third-order valence-electron chi connectivity index (χ3n) is 2.84. The van der Waals surface area contributed by atoms with Gasteiger partial charge in [-0.15, -0.1) is 0 Å². The van der Waals surface area contributed by atoms with Gasteiger partial charge in [-0.25, -0.2) is 4.79 Å². The van der Waals surface area contributed by atoms with Gasteiger partial charge in [-0.2, -0.15) is 0 Å². The molecule has 0 aromatic heterocycles. The Morgan fingerprint density at radius 2 is 1.88 bits per heavy atom. The van der Waals surface area contributed by atoms with Gasteiger partial charge in [0, 0.05) is 0 Å². The van der Waals surface area contributed by atoms with E-state index in [1.165, 1.54) is 6.08 Å². The Balaban J connectivity index is 2.27. The molecule has 4 nitrogen and oxygen atoms in total. The van der Waals surface area contributed by atoms with Crippen LogP contribution in [0.4, 0.5) is 0 Å². The number of esters is 1. The number of carbonyl (C=O) groups excluding carboxylic acids is 1. The Morgan fingerprint density at radius 1 is 1.24 bits per heavy atom. The van der Waals surface area contributed by atoms with E-state index in [4.69, 9.17) is 9.47 Å². The summed E-state index contributed by atoms with van der Waals surface area (Å²) in [6.45, 7) is 3.71. The van der Waals surface area contributed by atoms with Crippen LogP contribution in [0.3, 0.4) is 0 Å². The van der Waals surface area contributed by atoms with E-state index < -0.39 is 24.3 Å². The lowest BCUT2D eigenvalue weighted by Gasteiger charge is -2.28. The number of ether oxygens (including phenoxy) is 2. The number of cyclic esters (lactones) is 1. The van der Waals surface area contributed by atoms with Crippen molar-refractivity contribution in [1.82, 2.24) is 0 Å². The molecule has 1 fully saturated rings. The minimum Gasteiger partial charge on any atom is -0.452 e. The summed E-state index contributed by atoms with van der Waals surface area (Å²) < 4.78 is 10.9. The van der Waals surface area contributed by atoms with Gasteiger partial charge in [0.15, 0.2) is 6.10 Å². The fourth-order valence-electron chi connectivity index (χ4n) is 2.07. The lowest BCUT2D eigenvalue weighted by Crippen LogP contribution is -2.39. The molecule has 17 heavy (non-hydrogen) atoms. The van der Waals surface area contributed by atoms with Crippen molar-refractivity contribution in [1.29, 1.82) is 0 Å². The molecule has 1 saturated heterocycles. The molecule has 0 amide bonds. The molecule has 0 aromatic rings. The van der Waals surface area contributed by atoms with Crippen molar-refractivity contribution in [2.75, 3.05) is 0 Å². The molecule has 2 rings (SSSR count). The van der Waals surface area contributed by atoms with Crippen LogP contribution in [0.1, 0.15) is 13.8 Å². The summed E-state index contributed by atoms with van der Waals surface area (Å²) in [6.07, 6.45) is 6.70. The molecule has 4 heteroatoms. The number of hydrogen-bond donors (Lipinski definition) is 1. The molecule has 0 spiro atoms. The van der Waals surface area contributed by atoms with Gasteiger partial charge in [0.05, 0.1) is 5.57 Å². The molecule has 0 aromatic carbocycles. The summed E-state index contributed by atoms with van der Waals surface area (Å²) in [5.41, 5.74) is 0.418. The number of allylic oxidation sites excluding steroid dienone is 2. The van der Waals surface area contributed by atoms with Gasteiger partial charge in [0.1, 0.15) is 18.3 Å².